The highest BCUT2D eigenvalue weighted by molar-refractivity contribution is 6.01. The predicted molar refractivity (Wildman–Crippen MR) is 100 cm³/mol. The van der Waals surface area contributed by atoms with Crippen LogP contribution in [0.15, 0.2) is 59.7 Å². The lowest BCUT2D eigenvalue weighted by molar-refractivity contribution is -0.119. The fourth-order valence-corrected chi connectivity index (χ4v) is 2.36. The van der Waals surface area contributed by atoms with Gasteiger partial charge in [-0.15, -0.1) is 0 Å². The Hall–Kier alpha value is -2.62. The van der Waals surface area contributed by atoms with Crippen molar-refractivity contribution in [2.75, 3.05) is 11.9 Å². The molecule has 2 aromatic carbocycles. The lowest BCUT2D eigenvalue weighted by Crippen LogP contribution is -2.27. The standard InChI is InChI=1S/C20H25N3O/c1-3-4-13-19(17-11-6-5-7-12-17)22-23-20(24)15-21-18-14-9-8-10-16(18)2/h5-12,14,21H,3-4,13,15H2,1-2H3,(H,23,24)/b22-19+. The molecule has 2 N–H and O–H groups in total. The minimum Gasteiger partial charge on any atom is -0.376 e. The maximum Gasteiger partial charge on any atom is 0.259 e. The summed E-state index contributed by atoms with van der Waals surface area (Å²) in [6, 6.07) is 17.9. The van der Waals surface area contributed by atoms with Crippen LogP contribution in [-0.2, 0) is 4.79 Å². The molecular formula is C20H25N3O. The van der Waals surface area contributed by atoms with Crippen molar-refractivity contribution in [3.8, 4) is 0 Å². The number of hydrazone groups is 1. The Morgan fingerprint density at radius 3 is 2.46 bits per heavy atom. The van der Waals surface area contributed by atoms with Gasteiger partial charge in [-0.25, -0.2) is 5.43 Å². The first-order valence-electron chi connectivity index (χ1n) is 8.41. The number of nitrogens with zero attached hydrogens (tertiary/aromatic N) is 1. The molecule has 0 aliphatic heterocycles. The molecule has 0 spiro atoms. The molecule has 0 saturated heterocycles. The molecule has 2 aromatic rings. The van der Waals surface area contributed by atoms with Gasteiger partial charge in [0.2, 0.25) is 0 Å². The quantitative estimate of drug-likeness (QED) is 0.567. The number of carbonyl (C=O) groups excluding carboxylic acids is 1. The first-order valence-corrected chi connectivity index (χ1v) is 8.41. The summed E-state index contributed by atoms with van der Waals surface area (Å²) in [5.74, 6) is -0.150. The second-order valence-electron chi connectivity index (χ2n) is 5.73. The third-order valence-electron chi connectivity index (χ3n) is 3.77. The molecule has 0 bridgehead atoms. The van der Waals surface area contributed by atoms with Crippen LogP contribution in [0, 0.1) is 6.92 Å². The molecule has 1 amide bonds. The maximum absolute atomic E-state index is 12.1. The topological polar surface area (TPSA) is 53.5 Å². The molecule has 4 heteroatoms. The molecule has 0 aliphatic rings. The highest BCUT2D eigenvalue weighted by atomic mass is 16.2. The summed E-state index contributed by atoms with van der Waals surface area (Å²) < 4.78 is 0. The van der Waals surface area contributed by atoms with Gasteiger partial charge in [-0.2, -0.15) is 5.10 Å². The lowest BCUT2D eigenvalue weighted by Gasteiger charge is -2.09. The normalized spacial score (nSPS) is 11.2. The molecule has 0 aromatic heterocycles. The monoisotopic (exact) mass is 323 g/mol. The van der Waals surface area contributed by atoms with Crippen LogP contribution in [0.2, 0.25) is 0 Å². The van der Waals surface area contributed by atoms with Crippen molar-refractivity contribution < 1.29 is 4.79 Å². The summed E-state index contributed by atoms with van der Waals surface area (Å²) in [6.07, 6.45) is 2.99. The van der Waals surface area contributed by atoms with Crippen LogP contribution in [0.25, 0.3) is 0 Å². The van der Waals surface area contributed by atoms with Gasteiger partial charge >= 0.3 is 0 Å². The maximum atomic E-state index is 12.1. The summed E-state index contributed by atoms with van der Waals surface area (Å²) in [4.78, 5) is 12.1. The summed E-state index contributed by atoms with van der Waals surface area (Å²) >= 11 is 0. The number of hydrogen-bond acceptors (Lipinski definition) is 3. The van der Waals surface area contributed by atoms with E-state index in [0.717, 1.165) is 41.8 Å². The van der Waals surface area contributed by atoms with Gasteiger partial charge < -0.3 is 5.32 Å². The summed E-state index contributed by atoms with van der Waals surface area (Å²) in [7, 11) is 0. The van der Waals surface area contributed by atoms with Gasteiger partial charge in [-0.1, -0.05) is 61.9 Å². The summed E-state index contributed by atoms with van der Waals surface area (Å²) in [5, 5.41) is 7.48. The van der Waals surface area contributed by atoms with Crippen LogP contribution in [0.5, 0.6) is 0 Å². The van der Waals surface area contributed by atoms with Gasteiger partial charge in [0.05, 0.1) is 12.3 Å². The molecule has 126 valence electrons. The highest BCUT2D eigenvalue weighted by Crippen LogP contribution is 2.12. The summed E-state index contributed by atoms with van der Waals surface area (Å²) in [6.45, 7) is 4.36. The molecular weight excluding hydrogens is 298 g/mol. The van der Waals surface area contributed by atoms with E-state index in [1.807, 2.05) is 61.5 Å². The number of amides is 1. The predicted octanol–water partition coefficient (Wildman–Crippen LogP) is 4.12. The van der Waals surface area contributed by atoms with E-state index in [0.29, 0.717) is 0 Å². The van der Waals surface area contributed by atoms with E-state index in [2.05, 4.69) is 22.8 Å². The number of benzene rings is 2. The van der Waals surface area contributed by atoms with Gasteiger partial charge in [-0.05, 0) is 37.0 Å². The van der Waals surface area contributed by atoms with Crippen molar-refractivity contribution in [1.82, 2.24) is 5.43 Å². The van der Waals surface area contributed by atoms with E-state index in [-0.39, 0.29) is 12.5 Å². The van der Waals surface area contributed by atoms with E-state index in [1.54, 1.807) is 0 Å². The zero-order valence-electron chi connectivity index (χ0n) is 14.4. The first kappa shape index (κ1) is 17.7. The van der Waals surface area contributed by atoms with Gasteiger partial charge in [0.25, 0.3) is 5.91 Å². The molecule has 0 aliphatic carbocycles. The number of unbranched alkanes of at least 4 members (excludes halogenated alkanes) is 1. The SMILES string of the molecule is CCCC/C(=N\NC(=O)CNc1ccccc1C)c1ccccc1. The van der Waals surface area contributed by atoms with Crippen molar-refractivity contribution >= 4 is 17.3 Å². The lowest BCUT2D eigenvalue weighted by atomic mass is 10.1. The minimum atomic E-state index is -0.150. The molecule has 0 atom stereocenters. The second kappa shape index (κ2) is 9.50. The molecule has 0 radical (unpaired) electrons. The number of rotatable bonds is 8. The Balaban J connectivity index is 1.95. The van der Waals surface area contributed by atoms with Crippen LogP contribution >= 0.6 is 0 Å². The van der Waals surface area contributed by atoms with Crippen molar-refractivity contribution in [2.45, 2.75) is 33.1 Å². The van der Waals surface area contributed by atoms with Gasteiger partial charge in [0, 0.05) is 5.69 Å². The zero-order chi connectivity index (χ0) is 17.2. The van der Waals surface area contributed by atoms with Crippen molar-refractivity contribution in [1.29, 1.82) is 0 Å². The fourth-order valence-electron chi connectivity index (χ4n) is 2.36. The number of para-hydroxylation sites is 1. The molecule has 0 unspecified atom stereocenters. The largest absolute Gasteiger partial charge is 0.376 e. The zero-order valence-corrected chi connectivity index (χ0v) is 14.4. The van der Waals surface area contributed by atoms with Crippen molar-refractivity contribution in [3.63, 3.8) is 0 Å². The highest BCUT2D eigenvalue weighted by Gasteiger charge is 2.05. The minimum absolute atomic E-state index is 0.150. The van der Waals surface area contributed by atoms with Crippen LogP contribution in [-0.4, -0.2) is 18.2 Å². The molecule has 0 fully saturated rings. The average molecular weight is 323 g/mol. The number of aryl methyl sites for hydroxylation is 1. The van der Waals surface area contributed by atoms with Crippen LogP contribution in [0.3, 0.4) is 0 Å². The molecule has 2 rings (SSSR count). The average Bonchev–Trinajstić information content (AvgIpc) is 2.62. The molecule has 24 heavy (non-hydrogen) atoms. The van der Waals surface area contributed by atoms with E-state index in [4.69, 9.17) is 0 Å². The Bertz CT molecular complexity index is 680. The van der Waals surface area contributed by atoms with E-state index < -0.39 is 0 Å². The van der Waals surface area contributed by atoms with Gasteiger partial charge in [-0.3, -0.25) is 4.79 Å². The Morgan fingerprint density at radius 2 is 1.75 bits per heavy atom. The molecule has 4 nitrogen and oxygen atoms in total. The van der Waals surface area contributed by atoms with Gasteiger partial charge in [0.1, 0.15) is 0 Å². The number of nitrogens with one attached hydrogen (secondary N) is 2. The molecule has 0 heterocycles. The number of anilines is 1. The fraction of sp³-hybridized carbons (Fsp3) is 0.300. The number of carbonyl (C=O) groups is 1. The third kappa shape index (κ3) is 5.54. The second-order valence-corrected chi connectivity index (χ2v) is 5.73. The smallest absolute Gasteiger partial charge is 0.259 e. The Morgan fingerprint density at radius 1 is 1.04 bits per heavy atom. The van der Waals surface area contributed by atoms with Crippen LogP contribution in [0.4, 0.5) is 5.69 Å². The Kier molecular flexibility index (Phi) is 7.02. The van der Waals surface area contributed by atoms with Crippen molar-refractivity contribution in [3.05, 3.63) is 65.7 Å². The summed E-state index contributed by atoms with van der Waals surface area (Å²) in [5.41, 5.74) is 6.71. The Labute approximate surface area is 144 Å². The van der Waals surface area contributed by atoms with E-state index in [9.17, 15) is 4.79 Å². The van der Waals surface area contributed by atoms with Crippen LogP contribution in [0.1, 0.15) is 37.3 Å². The first-order chi connectivity index (χ1) is 11.7. The third-order valence-corrected chi connectivity index (χ3v) is 3.77. The van der Waals surface area contributed by atoms with Gasteiger partial charge in [0.15, 0.2) is 0 Å². The van der Waals surface area contributed by atoms with E-state index >= 15 is 0 Å². The van der Waals surface area contributed by atoms with Crippen molar-refractivity contribution in [2.24, 2.45) is 5.10 Å². The van der Waals surface area contributed by atoms with Crippen LogP contribution < -0.4 is 10.7 Å². The number of hydrogen-bond donors (Lipinski definition) is 2. The molecule has 0 saturated carbocycles. The van der Waals surface area contributed by atoms with E-state index in [1.165, 1.54) is 0 Å².